The molecule has 2 aromatic heterocycles. The lowest BCUT2D eigenvalue weighted by Gasteiger charge is -2.29. The van der Waals surface area contributed by atoms with Gasteiger partial charge in [0.2, 0.25) is 5.88 Å². The van der Waals surface area contributed by atoms with E-state index < -0.39 is 5.82 Å². The van der Waals surface area contributed by atoms with Crippen LogP contribution in [0, 0.1) is 5.82 Å². The minimum Gasteiger partial charge on any atom is -0.472 e. The van der Waals surface area contributed by atoms with E-state index in [0.717, 1.165) is 54.3 Å². The SMILES string of the molecule is COC(=O)c1ccc2nc(CN3CC=C(c4scnc4OCc4ccc(Cl)cc4F)CC3)n(CC3CCO3)c2c1. The molecule has 0 radical (unpaired) electrons. The van der Waals surface area contributed by atoms with Gasteiger partial charge < -0.3 is 18.8 Å². The number of esters is 1. The summed E-state index contributed by atoms with van der Waals surface area (Å²) in [5, 5.41) is 0.352. The third-order valence-electron chi connectivity index (χ3n) is 7.29. The van der Waals surface area contributed by atoms with E-state index in [2.05, 4.69) is 20.5 Å². The van der Waals surface area contributed by atoms with Crippen molar-refractivity contribution >= 4 is 45.5 Å². The Kier molecular flexibility index (Phi) is 7.84. The minimum atomic E-state index is -0.395. The van der Waals surface area contributed by atoms with E-state index in [9.17, 15) is 9.18 Å². The van der Waals surface area contributed by atoms with Gasteiger partial charge in [0, 0.05) is 30.3 Å². The topological polar surface area (TPSA) is 78.7 Å². The van der Waals surface area contributed by atoms with Gasteiger partial charge in [-0.1, -0.05) is 23.7 Å². The number of rotatable bonds is 9. The fourth-order valence-corrected chi connectivity index (χ4v) is 5.93. The van der Waals surface area contributed by atoms with Crippen LogP contribution in [0.15, 0.2) is 48.0 Å². The first-order valence-electron chi connectivity index (χ1n) is 13.1. The van der Waals surface area contributed by atoms with E-state index in [0.29, 0.717) is 35.1 Å². The first kappa shape index (κ1) is 26.9. The number of fused-ring (bicyclic) bond motifs is 1. The molecule has 2 aliphatic heterocycles. The van der Waals surface area contributed by atoms with Gasteiger partial charge in [0.05, 0.1) is 53.3 Å². The molecule has 0 aliphatic carbocycles. The van der Waals surface area contributed by atoms with Crippen LogP contribution in [-0.2, 0) is 29.2 Å². The van der Waals surface area contributed by atoms with Gasteiger partial charge in [-0.3, -0.25) is 4.90 Å². The number of methoxy groups -OCH3 is 1. The number of benzene rings is 2. The van der Waals surface area contributed by atoms with Gasteiger partial charge in [-0.15, -0.1) is 11.3 Å². The van der Waals surface area contributed by atoms with E-state index in [1.807, 2.05) is 12.1 Å². The molecule has 208 valence electrons. The van der Waals surface area contributed by atoms with E-state index in [-0.39, 0.29) is 18.7 Å². The summed E-state index contributed by atoms with van der Waals surface area (Å²) in [4.78, 5) is 24.8. The van der Waals surface area contributed by atoms with Crippen LogP contribution >= 0.6 is 22.9 Å². The zero-order chi connectivity index (χ0) is 27.6. The van der Waals surface area contributed by atoms with Crippen molar-refractivity contribution in [2.75, 3.05) is 26.8 Å². The number of halogens is 2. The number of hydrogen-bond donors (Lipinski definition) is 0. The molecular formula is C29H28ClFN4O4S. The molecule has 8 nitrogen and oxygen atoms in total. The van der Waals surface area contributed by atoms with Crippen LogP contribution < -0.4 is 4.74 Å². The summed E-state index contributed by atoms with van der Waals surface area (Å²) in [6, 6.07) is 10.0. The molecule has 1 unspecified atom stereocenters. The number of imidazole rings is 1. The fraction of sp³-hybridized carbons (Fsp3) is 0.345. The Labute approximate surface area is 239 Å². The van der Waals surface area contributed by atoms with E-state index in [4.69, 9.17) is 30.8 Å². The second-order valence-corrected chi connectivity index (χ2v) is 11.1. The predicted molar refractivity (Wildman–Crippen MR) is 151 cm³/mol. The highest BCUT2D eigenvalue weighted by atomic mass is 35.5. The number of carbonyl (C=O) groups is 1. The Bertz CT molecular complexity index is 1580. The van der Waals surface area contributed by atoms with E-state index in [1.165, 1.54) is 30.1 Å². The van der Waals surface area contributed by atoms with Crippen molar-refractivity contribution in [3.63, 3.8) is 0 Å². The van der Waals surface area contributed by atoms with Crippen LogP contribution in [0.2, 0.25) is 5.02 Å². The number of nitrogens with zero attached hydrogens (tertiary/aromatic N) is 4. The maximum Gasteiger partial charge on any atom is 0.337 e. The zero-order valence-corrected chi connectivity index (χ0v) is 23.5. The van der Waals surface area contributed by atoms with E-state index in [1.54, 1.807) is 23.7 Å². The molecule has 2 aromatic carbocycles. The molecule has 1 fully saturated rings. The fourth-order valence-electron chi connectivity index (χ4n) is 4.97. The lowest BCUT2D eigenvalue weighted by molar-refractivity contribution is -0.0591. The average molecular weight is 583 g/mol. The summed E-state index contributed by atoms with van der Waals surface area (Å²) in [6.07, 6.45) is 4.18. The third-order valence-corrected chi connectivity index (χ3v) is 8.41. The van der Waals surface area contributed by atoms with Crippen LogP contribution in [0.25, 0.3) is 16.6 Å². The summed E-state index contributed by atoms with van der Waals surface area (Å²) in [6.45, 7) is 3.80. The third kappa shape index (κ3) is 5.62. The van der Waals surface area contributed by atoms with Crippen LogP contribution in [0.5, 0.6) is 5.88 Å². The number of aromatic nitrogens is 3. The van der Waals surface area contributed by atoms with Gasteiger partial charge in [0.15, 0.2) is 0 Å². The zero-order valence-electron chi connectivity index (χ0n) is 21.9. The summed E-state index contributed by atoms with van der Waals surface area (Å²) in [7, 11) is 1.39. The van der Waals surface area contributed by atoms with Crippen LogP contribution in [-0.4, -0.2) is 58.3 Å². The number of carbonyl (C=O) groups excluding carboxylic acids is 1. The monoisotopic (exact) mass is 582 g/mol. The van der Waals surface area contributed by atoms with Crippen molar-refractivity contribution in [1.82, 2.24) is 19.4 Å². The second-order valence-electron chi connectivity index (χ2n) is 9.84. The molecule has 0 spiro atoms. The molecule has 4 aromatic rings. The van der Waals surface area contributed by atoms with Gasteiger partial charge in [0.25, 0.3) is 0 Å². The number of thiazole rings is 1. The van der Waals surface area contributed by atoms with Crippen LogP contribution in [0.1, 0.15) is 39.5 Å². The maximum atomic E-state index is 14.2. The molecule has 0 amide bonds. The van der Waals surface area contributed by atoms with Crippen molar-refractivity contribution in [1.29, 1.82) is 0 Å². The molecule has 0 N–H and O–H groups in total. The highest BCUT2D eigenvalue weighted by Crippen LogP contribution is 2.34. The Hall–Kier alpha value is -3.31. The Balaban J connectivity index is 1.17. The molecule has 0 bridgehead atoms. The molecule has 1 atom stereocenters. The predicted octanol–water partition coefficient (Wildman–Crippen LogP) is 5.73. The van der Waals surface area contributed by atoms with Crippen molar-refractivity contribution < 1.29 is 23.4 Å². The molecule has 4 heterocycles. The number of ether oxygens (including phenoxy) is 3. The molecule has 40 heavy (non-hydrogen) atoms. The standard InChI is InChI=1S/C29H28ClFN4O4S/c1-37-29(36)19-3-5-24-25(12-19)35(14-22-8-11-38-22)26(33-24)15-34-9-6-18(7-10-34)27-28(32-17-40-27)39-16-20-2-4-21(30)13-23(20)31/h2-6,12-13,17,22H,7-11,14-16H2,1H3. The Morgan fingerprint density at radius 1 is 1.27 bits per heavy atom. The first-order valence-corrected chi connectivity index (χ1v) is 14.4. The number of hydrogen-bond acceptors (Lipinski definition) is 8. The van der Waals surface area contributed by atoms with Gasteiger partial charge in [0.1, 0.15) is 18.2 Å². The van der Waals surface area contributed by atoms with Crippen LogP contribution in [0.4, 0.5) is 4.39 Å². The Morgan fingerprint density at radius 2 is 2.15 bits per heavy atom. The minimum absolute atomic E-state index is 0.0811. The molecule has 6 rings (SSSR count). The van der Waals surface area contributed by atoms with Crippen molar-refractivity contribution in [3.8, 4) is 5.88 Å². The largest absolute Gasteiger partial charge is 0.472 e. The van der Waals surface area contributed by atoms with Crippen LogP contribution in [0.3, 0.4) is 0 Å². The normalized spacial score (nSPS) is 17.5. The van der Waals surface area contributed by atoms with Gasteiger partial charge in [-0.05, 0) is 48.7 Å². The van der Waals surface area contributed by atoms with E-state index >= 15 is 0 Å². The van der Waals surface area contributed by atoms with Gasteiger partial charge in [-0.25, -0.2) is 19.2 Å². The highest BCUT2D eigenvalue weighted by molar-refractivity contribution is 7.11. The molecule has 2 aliphatic rings. The quantitative estimate of drug-likeness (QED) is 0.233. The summed E-state index contributed by atoms with van der Waals surface area (Å²) < 4.78 is 32.9. The van der Waals surface area contributed by atoms with Crippen molar-refractivity contribution in [2.24, 2.45) is 0 Å². The summed E-state index contributed by atoms with van der Waals surface area (Å²) >= 11 is 7.38. The maximum absolute atomic E-state index is 14.2. The lowest BCUT2D eigenvalue weighted by Crippen LogP contribution is -2.33. The van der Waals surface area contributed by atoms with Crippen molar-refractivity contribution in [2.45, 2.75) is 38.6 Å². The lowest BCUT2D eigenvalue weighted by atomic mass is 10.1. The van der Waals surface area contributed by atoms with Gasteiger partial charge >= 0.3 is 5.97 Å². The second kappa shape index (κ2) is 11.7. The average Bonchev–Trinajstić information content (AvgIpc) is 3.54. The molecular weight excluding hydrogens is 555 g/mol. The van der Waals surface area contributed by atoms with Gasteiger partial charge in [-0.2, -0.15) is 0 Å². The molecule has 1 saturated heterocycles. The highest BCUT2D eigenvalue weighted by Gasteiger charge is 2.25. The summed E-state index contributed by atoms with van der Waals surface area (Å²) in [5.74, 6) is 0.696. The smallest absolute Gasteiger partial charge is 0.337 e. The molecule has 0 saturated carbocycles. The van der Waals surface area contributed by atoms with Crippen molar-refractivity contribution in [3.05, 3.63) is 80.7 Å². The summed E-state index contributed by atoms with van der Waals surface area (Å²) in [5.41, 5.74) is 5.61. The first-order chi connectivity index (χ1) is 19.5. The Morgan fingerprint density at radius 3 is 2.88 bits per heavy atom. The molecule has 11 heteroatoms.